The number of ether oxygens (including phenoxy) is 2. The van der Waals surface area contributed by atoms with Crippen molar-refractivity contribution in [3.63, 3.8) is 0 Å². The number of aromatic amines is 1. The Kier molecular flexibility index (Phi) is 11.1. The van der Waals surface area contributed by atoms with Gasteiger partial charge in [-0.3, -0.25) is 9.59 Å². The lowest BCUT2D eigenvalue weighted by molar-refractivity contribution is -0.142. The van der Waals surface area contributed by atoms with Gasteiger partial charge in [-0.2, -0.15) is 0 Å². The van der Waals surface area contributed by atoms with Crippen LogP contribution in [0.4, 0.5) is 15.0 Å². The quantitative estimate of drug-likeness (QED) is 0.275. The summed E-state index contributed by atoms with van der Waals surface area (Å²) in [5.74, 6) is -0.279. The molecule has 0 spiro atoms. The predicted molar refractivity (Wildman–Crippen MR) is 175 cm³/mol. The summed E-state index contributed by atoms with van der Waals surface area (Å²) in [5, 5.41) is 6.39. The maximum absolute atomic E-state index is 14.1. The highest BCUT2D eigenvalue weighted by Crippen LogP contribution is 2.41. The van der Waals surface area contributed by atoms with Crippen LogP contribution >= 0.6 is 0 Å². The molecule has 3 N–H and O–H groups in total. The molecule has 2 saturated carbocycles. The molecular weight excluding hydrogens is 605 g/mol. The van der Waals surface area contributed by atoms with Crippen LogP contribution in [-0.2, 0) is 19.1 Å². The van der Waals surface area contributed by atoms with Crippen molar-refractivity contribution in [1.82, 2.24) is 20.2 Å². The van der Waals surface area contributed by atoms with E-state index in [0.29, 0.717) is 60.6 Å². The highest BCUT2D eigenvalue weighted by molar-refractivity contribution is 6.00. The summed E-state index contributed by atoms with van der Waals surface area (Å²) in [5.41, 5.74) is 0.280. The minimum Gasteiger partial charge on any atom is -0.461 e. The first-order valence-corrected chi connectivity index (χ1v) is 17.3. The Hall–Kier alpha value is -3.70. The van der Waals surface area contributed by atoms with E-state index in [-0.39, 0.29) is 36.2 Å². The summed E-state index contributed by atoms with van der Waals surface area (Å²) in [6, 6.07) is 2.12. The Bertz CT molecular complexity index is 1430. The summed E-state index contributed by atoms with van der Waals surface area (Å²) < 4.78 is 24.4. The maximum Gasteiger partial charge on any atom is 0.407 e. The highest BCUT2D eigenvalue weighted by Gasteiger charge is 2.47. The van der Waals surface area contributed by atoms with E-state index >= 15 is 0 Å². The van der Waals surface area contributed by atoms with Crippen LogP contribution in [0.25, 0.3) is 10.9 Å². The van der Waals surface area contributed by atoms with E-state index in [0.717, 1.165) is 32.1 Å². The number of hydrogen-bond acceptors (Lipinski definition) is 7. The van der Waals surface area contributed by atoms with Crippen LogP contribution in [0.1, 0.15) is 102 Å². The minimum atomic E-state index is -0.702. The number of aromatic nitrogens is 2. The lowest BCUT2D eigenvalue weighted by Crippen LogP contribution is -2.50. The van der Waals surface area contributed by atoms with Gasteiger partial charge in [0.1, 0.15) is 29.8 Å². The number of esters is 1. The van der Waals surface area contributed by atoms with Crippen molar-refractivity contribution in [2.45, 2.75) is 110 Å². The van der Waals surface area contributed by atoms with Gasteiger partial charge in [0.2, 0.25) is 11.8 Å². The molecule has 1 saturated heterocycles. The number of halogens is 1. The molecule has 47 heavy (non-hydrogen) atoms. The first-order valence-electron chi connectivity index (χ1n) is 17.3. The second-order valence-corrected chi connectivity index (χ2v) is 14.4. The van der Waals surface area contributed by atoms with E-state index in [9.17, 15) is 23.6 Å². The number of anilines is 1. The van der Waals surface area contributed by atoms with E-state index in [1.807, 2.05) is 0 Å². The molecule has 0 unspecified atom stereocenters. The minimum absolute atomic E-state index is 0.0214. The molecule has 0 radical (unpaired) electrons. The number of alkyl halides is 1. The van der Waals surface area contributed by atoms with Crippen molar-refractivity contribution >= 4 is 40.6 Å². The molecule has 2 aromatic heterocycles. The number of H-pyrrole nitrogens is 1. The highest BCUT2D eigenvalue weighted by atomic mass is 19.1. The second kappa shape index (κ2) is 15.0. The molecule has 3 amide bonds. The normalized spacial score (nSPS) is 24.5. The van der Waals surface area contributed by atoms with Crippen molar-refractivity contribution < 1.29 is 33.0 Å². The van der Waals surface area contributed by atoms with Gasteiger partial charge in [0.15, 0.2) is 0 Å². The van der Waals surface area contributed by atoms with E-state index in [4.69, 9.17) is 9.47 Å². The molecule has 3 aliphatic rings. The van der Waals surface area contributed by atoms with Crippen LogP contribution in [0.3, 0.4) is 0 Å². The number of nitrogens with zero attached hydrogens (tertiary/aromatic N) is 2. The van der Waals surface area contributed by atoms with Crippen LogP contribution in [0.2, 0.25) is 0 Å². The van der Waals surface area contributed by atoms with Crippen molar-refractivity contribution in [2.24, 2.45) is 23.7 Å². The zero-order valence-electron chi connectivity index (χ0n) is 28.1. The third-order valence-electron chi connectivity index (χ3n) is 10.1. The van der Waals surface area contributed by atoms with Crippen molar-refractivity contribution in [1.29, 1.82) is 0 Å². The smallest absolute Gasteiger partial charge is 0.407 e. The SMILES string of the molecule is CCOC(=O)c1cc2cc(NC(=O)[C@@H]3[C@H](C4CCCCC4)CCN3C(=O)[C@H]3CC[C@H]([C@@H](CF)NC(=O)OC(C)(C)C)CC3)ncc2[nH]1. The first kappa shape index (κ1) is 34.6. The van der Waals surface area contributed by atoms with E-state index in [1.54, 1.807) is 50.9 Å². The van der Waals surface area contributed by atoms with Crippen LogP contribution in [0.5, 0.6) is 0 Å². The molecule has 3 fully saturated rings. The Morgan fingerprint density at radius 2 is 1.77 bits per heavy atom. The second-order valence-electron chi connectivity index (χ2n) is 14.4. The number of pyridine rings is 1. The molecule has 11 nitrogen and oxygen atoms in total. The maximum atomic E-state index is 14.1. The van der Waals surface area contributed by atoms with Crippen LogP contribution < -0.4 is 10.6 Å². The molecule has 2 aromatic rings. The monoisotopic (exact) mass is 655 g/mol. The van der Waals surface area contributed by atoms with Crippen molar-refractivity contribution in [2.75, 3.05) is 25.1 Å². The number of alkyl carbamates (subject to hydrolysis) is 1. The third kappa shape index (κ3) is 8.43. The van der Waals surface area contributed by atoms with Crippen molar-refractivity contribution in [3.8, 4) is 0 Å². The Morgan fingerprint density at radius 3 is 2.43 bits per heavy atom. The molecular formula is C35H50FN5O6. The molecule has 2 aliphatic carbocycles. The Balaban J connectivity index is 1.27. The Labute approximate surface area is 276 Å². The van der Waals surface area contributed by atoms with Gasteiger partial charge in [0.25, 0.3) is 0 Å². The predicted octanol–water partition coefficient (Wildman–Crippen LogP) is 6.14. The number of amides is 3. The lowest BCUT2D eigenvalue weighted by atomic mass is 9.76. The van der Waals surface area contributed by atoms with E-state index < -0.39 is 36.4 Å². The van der Waals surface area contributed by atoms with Crippen molar-refractivity contribution in [3.05, 3.63) is 24.0 Å². The summed E-state index contributed by atoms with van der Waals surface area (Å²) in [4.78, 5) is 61.9. The van der Waals surface area contributed by atoms with Gasteiger partial charge >= 0.3 is 12.1 Å². The standard InChI is InChI=1S/C35H50FN5O6/c1-5-46-33(44)26-17-24-18-29(37-20-28(24)38-26)40-31(42)30-25(21-9-7-6-8-10-21)15-16-41(30)32(43)23-13-11-22(12-14-23)27(19-36)39-34(45)47-35(2,3)4/h17-18,20-23,25,27,30,38H,5-16,19H2,1-4H3,(H,39,45)(H,37,40,42)/t22-,23-,25-,27+,30-/m0/s1. The van der Waals surface area contributed by atoms with Gasteiger partial charge in [0, 0.05) is 17.8 Å². The molecule has 3 atom stereocenters. The number of fused-ring (bicyclic) bond motifs is 1. The van der Waals surface area contributed by atoms with Crippen LogP contribution in [0, 0.1) is 23.7 Å². The van der Waals surface area contributed by atoms with Gasteiger partial charge in [-0.1, -0.05) is 32.1 Å². The number of likely N-dealkylation sites (tertiary alicyclic amines) is 1. The van der Waals surface area contributed by atoms with Gasteiger partial charge in [0.05, 0.1) is 24.4 Å². The molecule has 5 rings (SSSR count). The molecule has 0 aromatic carbocycles. The molecule has 1 aliphatic heterocycles. The van der Waals surface area contributed by atoms with Gasteiger partial charge < -0.3 is 30.0 Å². The number of hydrogen-bond donors (Lipinski definition) is 3. The molecule has 0 bridgehead atoms. The van der Waals surface area contributed by atoms with Crippen LogP contribution in [-0.4, -0.2) is 76.3 Å². The molecule has 3 heterocycles. The lowest BCUT2D eigenvalue weighted by Gasteiger charge is -2.37. The fourth-order valence-electron chi connectivity index (χ4n) is 7.82. The summed E-state index contributed by atoms with van der Waals surface area (Å²) in [6.07, 6.45) is 9.65. The van der Waals surface area contributed by atoms with Gasteiger partial charge in [-0.05, 0) is 89.7 Å². The fourth-order valence-corrected chi connectivity index (χ4v) is 7.82. The van der Waals surface area contributed by atoms with Gasteiger partial charge in [-0.15, -0.1) is 0 Å². The number of carbonyl (C=O) groups is 4. The summed E-state index contributed by atoms with van der Waals surface area (Å²) >= 11 is 0. The third-order valence-corrected chi connectivity index (χ3v) is 10.1. The number of nitrogens with one attached hydrogen (secondary N) is 3. The summed E-state index contributed by atoms with van der Waals surface area (Å²) in [7, 11) is 0. The summed E-state index contributed by atoms with van der Waals surface area (Å²) in [6.45, 7) is 7.12. The fraction of sp³-hybridized carbons (Fsp3) is 0.686. The largest absolute Gasteiger partial charge is 0.461 e. The molecule has 258 valence electrons. The van der Waals surface area contributed by atoms with E-state index in [2.05, 4.69) is 20.6 Å². The number of carbonyl (C=O) groups excluding carboxylic acids is 4. The first-order chi connectivity index (χ1) is 22.5. The van der Waals surface area contributed by atoms with Crippen LogP contribution in [0.15, 0.2) is 18.3 Å². The average Bonchev–Trinajstić information content (AvgIpc) is 3.68. The van der Waals surface area contributed by atoms with Gasteiger partial charge in [-0.25, -0.2) is 19.0 Å². The van der Waals surface area contributed by atoms with E-state index in [1.165, 1.54) is 6.42 Å². The average molecular weight is 656 g/mol. The number of rotatable bonds is 9. The zero-order chi connectivity index (χ0) is 33.7. The Morgan fingerprint density at radius 1 is 1.04 bits per heavy atom. The topological polar surface area (TPSA) is 143 Å². The zero-order valence-corrected chi connectivity index (χ0v) is 28.1. The molecule has 12 heteroatoms.